The van der Waals surface area contributed by atoms with Crippen LogP contribution in [0.4, 0.5) is 0 Å². The molecule has 5 nitrogen and oxygen atoms in total. The van der Waals surface area contributed by atoms with Gasteiger partial charge in [-0.3, -0.25) is 4.79 Å². The van der Waals surface area contributed by atoms with Gasteiger partial charge in [-0.25, -0.2) is 4.79 Å². The maximum absolute atomic E-state index is 13.1. The third-order valence-corrected chi connectivity index (χ3v) is 3.59. The Bertz CT molecular complexity index is 409. The zero-order valence-electron chi connectivity index (χ0n) is 15.9. The molecule has 0 aromatic heterocycles. The first-order valence-electron chi connectivity index (χ1n) is 7.90. The van der Waals surface area contributed by atoms with Crippen molar-refractivity contribution in [1.29, 1.82) is 0 Å². The van der Waals surface area contributed by atoms with Crippen molar-refractivity contribution < 1.29 is 14.3 Å². The van der Waals surface area contributed by atoms with Crippen molar-refractivity contribution in [2.45, 2.75) is 92.5 Å². The fourth-order valence-electron chi connectivity index (χ4n) is 2.34. The van der Waals surface area contributed by atoms with E-state index in [-0.39, 0.29) is 18.0 Å². The normalized spacial score (nSPS) is 15.7. The van der Waals surface area contributed by atoms with Gasteiger partial charge in [0.2, 0.25) is 0 Å². The molecule has 5 heteroatoms. The molecule has 0 spiro atoms. The molecule has 1 atom stereocenters. The highest BCUT2D eigenvalue weighted by molar-refractivity contribution is 6.08. The predicted octanol–water partition coefficient (Wildman–Crippen LogP) is 2.72. The molecule has 0 aliphatic rings. The number of hydrogen-bond donors (Lipinski definition) is 1. The number of ether oxygens (including phenoxy) is 1. The van der Waals surface area contributed by atoms with Crippen LogP contribution in [-0.2, 0) is 14.3 Å². The van der Waals surface area contributed by atoms with Crippen LogP contribution < -0.4 is 5.73 Å². The van der Waals surface area contributed by atoms with E-state index in [9.17, 15) is 9.59 Å². The highest BCUT2D eigenvalue weighted by Gasteiger charge is 2.56. The SMILES string of the molecule is CC(C)N(C(=O)[C@](N)(C(=O)OC(C)(C)C)C(C)(C)C)C(C)C. The van der Waals surface area contributed by atoms with E-state index >= 15 is 0 Å². The number of nitrogens with two attached hydrogens (primary N) is 1. The van der Waals surface area contributed by atoms with E-state index in [1.54, 1.807) is 46.4 Å². The van der Waals surface area contributed by atoms with Gasteiger partial charge in [0.15, 0.2) is 5.54 Å². The first kappa shape index (κ1) is 20.9. The quantitative estimate of drug-likeness (QED) is 0.639. The molecule has 0 unspecified atom stereocenters. The van der Waals surface area contributed by atoms with Gasteiger partial charge in [0.05, 0.1) is 0 Å². The molecule has 0 bridgehead atoms. The molecule has 22 heavy (non-hydrogen) atoms. The molecule has 1 amide bonds. The van der Waals surface area contributed by atoms with Crippen LogP contribution in [0.5, 0.6) is 0 Å². The Labute approximate surface area is 135 Å². The molecular formula is C17H34N2O3. The number of rotatable bonds is 4. The van der Waals surface area contributed by atoms with Crippen LogP contribution in [0.1, 0.15) is 69.2 Å². The summed E-state index contributed by atoms with van der Waals surface area (Å²) in [5, 5.41) is 0. The molecular weight excluding hydrogens is 280 g/mol. The standard InChI is InChI=1S/C17H34N2O3/c1-11(2)19(12(3)4)13(20)17(18,15(5,6)7)14(21)22-16(8,9)10/h11-12H,18H2,1-10H3/t17-/m0/s1. The van der Waals surface area contributed by atoms with Crippen LogP contribution in [0.25, 0.3) is 0 Å². The second-order valence-electron chi connectivity index (χ2n) is 8.46. The summed E-state index contributed by atoms with van der Waals surface area (Å²) >= 11 is 0. The van der Waals surface area contributed by atoms with Gasteiger partial charge in [-0.05, 0) is 53.9 Å². The number of esters is 1. The molecule has 0 fully saturated rings. The molecule has 0 saturated heterocycles. The van der Waals surface area contributed by atoms with Crippen molar-refractivity contribution in [3.05, 3.63) is 0 Å². The van der Waals surface area contributed by atoms with E-state index in [4.69, 9.17) is 10.5 Å². The number of nitrogens with zero attached hydrogens (tertiary/aromatic N) is 1. The molecule has 0 aromatic carbocycles. The Morgan fingerprint density at radius 1 is 0.909 bits per heavy atom. The lowest BCUT2D eigenvalue weighted by atomic mass is 9.72. The lowest BCUT2D eigenvalue weighted by molar-refractivity contribution is -0.173. The molecule has 130 valence electrons. The van der Waals surface area contributed by atoms with E-state index in [1.807, 2.05) is 27.7 Å². The lowest BCUT2D eigenvalue weighted by Crippen LogP contribution is -2.70. The molecule has 0 radical (unpaired) electrons. The molecule has 2 N–H and O–H groups in total. The van der Waals surface area contributed by atoms with E-state index in [0.717, 1.165) is 0 Å². The van der Waals surface area contributed by atoms with Crippen LogP contribution in [0.2, 0.25) is 0 Å². The van der Waals surface area contributed by atoms with Crippen molar-refractivity contribution in [2.75, 3.05) is 0 Å². The Balaban J connectivity index is 5.93. The highest BCUT2D eigenvalue weighted by atomic mass is 16.6. The Morgan fingerprint density at radius 2 is 1.27 bits per heavy atom. The summed E-state index contributed by atoms with van der Waals surface area (Å²) in [5.74, 6) is -1.07. The predicted molar refractivity (Wildman–Crippen MR) is 89.3 cm³/mol. The first-order chi connectivity index (χ1) is 9.55. The first-order valence-corrected chi connectivity index (χ1v) is 7.90. The molecule has 0 aliphatic carbocycles. The average molecular weight is 314 g/mol. The van der Waals surface area contributed by atoms with Crippen molar-refractivity contribution in [1.82, 2.24) is 4.90 Å². The van der Waals surface area contributed by atoms with Gasteiger partial charge in [0.1, 0.15) is 5.60 Å². The third kappa shape index (κ3) is 4.45. The second kappa shape index (κ2) is 6.57. The summed E-state index contributed by atoms with van der Waals surface area (Å²) in [7, 11) is 0. The average Bonchev–Trinajstić information content (AvgIpc) is 2.22. The van der Waals surface area contributed by atoms with Gasteiger partial charge in [-0.1, -0.05) is 20.8 Å². The Morgan fingerprint density at radius 3 is 1.50 bits per heavy atom. The fraction of sp³-hybridized carbons (Fsp3) is 0.882. The van der Waals surface area contributed by atoms with Gasteiger partial charge in [0.25, 0.3) is 5.91 Å². The molecule has 0 aromatic rings. The topological polar surface area (TPSA) is 72.6 Å². The van der Waals surface area contributed by atoms with Crippen LogP contribution in [-0.4, -0.2) is 40.0 Å². The lowest BCUT2D eigenvalue weighted by Gasteiger charge is -2.44. The van der Waals surface area contributed by atoms with E-state index in [2.05, 4.69) is 0 Å². The summed E-state index contributed by atoms with van der Waals surface area (Å²) < 4.78 is 5.45. The molecule has 0 saturated carbocycles. The maximum Gasteiger partial charge on any atom is 0.337 e. The number of carbonyl (C=O) groups is 2. The summed E-state index contributed by atoms with van der Waals surface area (Å²) in [6.45, 7) is 18.3. The molecule has 0 heterocycles. The van der Waals surface area contributed by atoms with Crippen LogP contribution in [0.15, 0.2) is 0 Å². The van der Waals surface area contributed by atoms with Crippen molar-refractivity contribution in [3.63, 3.8) is 0 Å². The largest absolute Gasteiger partial charge is 0.458 e. The fourth-order valence-corrected chi connectivity index (χ4v) is 2.34. The van der Waals surface area contributed by atoms with Gasteiger partial charge in [0, 0.05) is 12.1 Å². The van der Waals surface area contributed by atoms with E-state index in [0.29, 0.717) is 0 Å². The smallest absolute Gasteiger partial charge is 0.337 e. The van der Waals surface area contributed by atoms with Crippen molar-refractivity contribution >= 4 is 11.9 Å². The minimum absolute atomic E-state index is 0.0554. The van der Waals surface area contributed by atoms with Crippen LogP contribution >= 0.6 is 0 Å². The van der Waals surface area contributed by atoms with Gasteiger partial charge >= 0.3 is 5.97 Å². The van der Waals surface area contributed by atoms with Gasteiger partial charge < -0.3 is 15.4 Å². The van der Waals surface area contributed by atoms with Crippen molar-refractivity contribution in [3.8, 4) is 0 Å². The zero-order valence-corrected chi connectivity index (χ0v) is 15.9. The summed E-state index contributed by atoms with van der Waals surface area (Å²) in [4.78, 5) is 27.5. The maximum atomic E-state index is 13.1. The molecule has 0 aliphatic heterocycles. The second-order valence-corrected chi connectivity index (χ2v) is 8.46. The number of carbonyl (C=O) groups excluding carboxylic acids is 2. The Hall–Kier alpha value is -1.10. The van der Waals surface area contributed by atoms with Crippen LogP contribution in [0, 0.1) is 5.41 Å². The van der Waals surface area contributed by atoms with Gasteiger partial charge in [-0.15, -0.1) is 0 Å². The van der Waals surface area contributed by atoms with Gasteiger partial charge in [-0.2, -0.15) is 0 Å². The monoisotopic (exact) mass is 314 g/mol. The summed E-state index contributed by atoms with van der Waals surface area (Å²) in [6.07, 6.45) is 0. The zero-order chi connectivity index (χ0) is 18.1. The molecule has 0 rings (SSSR count). The van der Waals surface area contributed by atoms with Crippen molar-refractivity contribution in [2.24, 2.45) is 11.1 Å². The minimum atomic E-state index is -1.73. The highest BCUT2D eigenvalue weighted by Crippen LogP contribution is 2.33. The number of hydrogen-bond acceptors (Lipinski definition) is 4. The number of amides is 1. The minimum Gasteiger partial charge on any atom is -0.458 e. The summed E-state index contributed by atoms with van der Waals surface area (Å²) in [6, 6.07) is -0.111. The van der Waals surface area contributed by atoms with E-state index in [1.165, 1.54) is 0 Å². The van der Waals surface area contributed by atoms with E-state index < -0.39 is 22.5 Å². The Kier molecular flexibility index (Phi) is 6.24. The summed E-state index contributed by atoms with van der Waals surface area (Å²) in [5.41, 5.74) is 3.18. The van der Waals surface area contributed by atoms with Crippen LogP contribution in [0.3, 0.4) is 0 Å². The third-order valence-electron chi connectivity index (χ3n) is 3.59.